The summed E-state index contributed by atoms with van der Waals surface area (Å²) in [6, 6.07) is 8.23. The van der Waals surface area contributed by atoms with Gasteiger partial charge in [-0.15, -0.1) is 0 Å². The van der Waals surface area contributed by atoms with Crippen molar-refractivity contribution in [2.24, 2.45) is 0 Å². The maximum Gasteiger partial charge on any atom is 0.257 e. The number of furan rings is 1. The van der Waals surface area contributed by atoms with Gasteiger partial charge >= 0.3 is 0 Å². The van der Waals surface area contributed by atoms with Crippen molar-refractivity contribution in [1.82, 2.24) is 4.90 Å². The normalized spacial score (nSPS) is 18.2. The van der Waals surface area contributed by atoms with Crippen molar-refractivity contribution in [3.63, 3.8) is 0 Å². The monoisotopic (exact) mass is 287 g/mol. The fourth-order valence-corrected chi connectivity index (χ4v) is 3.04. The molecule has 4 heteroatoms. The molecule has 3 nitrogen and oxygen atoms in total. The molecule has 0 saturated carbocycles. The maximum atomic E-state index is 13.1. The van der Waals surface area contributed by atoms with Gasteiger partial charge in [0.1, 0.15) is 17.3 Å². The molecule has 1 aromatic heterocycles. The molecule has 0 radical (unpaired) electrons. The van der Waals surface area contributed by atoms with Crippen molar-refractivity contribution < 1.29 is 13.6 Å². The number of hydrogen-bond donors (Lipinski definition) is 0. The number of carbonyl (C=O) groups excluding carboxylic acids is 1. The van der Waals surface area contributed by atoms with Crippen LogP contribution >= 0.6 is 0 Å². The minimum Gasteiger partial charge on any atom is -0.466 e. The van der Waals surface area contributed by atoms with Gasteiger partial charge in [0, 0.05) is 6.54 Å². The van der Waals surface area contributed by atoms with E-state index in [1.165, 1.54) is 12.1 Å². The molecule has 0 N–H and O–H groups in total. The molecule has 0 bridgehead atoms. The largest absolute Gasteiger partial charge is 0.466 e. The highest BCUT2D eigenvalue weighted by Gasteiger charge is 2.32. The van der Waals surface area contributed by atoms with E-state index in [1.54, 1.807) is 18.2 Å². The van der Waals surface area contributed by atoms with Gasteiger partial charge in [0.2, 0.25) is 0 Å². The fraction of sp³-hybridized carbons (Fsp3) is 0.353. The zero-order chi connectivity index (χ0) is 15.0. The molecule has 1 fully saturated rings. The first-order valence-corrected chi connectivity index (χ1v) is 7.20. The van der Waals surface area contributed by atoms with Crippen LogP contribution in [0.3, 0.4) is 0 Å². The zero-order valence-corrected chi connectivity index (χ0v) is 12.2. The molecular weight excluding hydrogens is 269 g/mol. The van der Waals surface area contributed by atoms with Crippen LogP contribution in [0.25, 0.3) is 0 Å². The molecule has 110 valence electrons. The second-order valence-corrected chi connectivity index (χ2v) is 5.54. The number of benzene rings is 1. The first kappa shape index (κ1) is 13.9. The predicted molar refractivity (Wildman–Crippen MR) is 77.6 cm³/mol. The maximum absolute atomic E-state index is 13.1. The van der Waals surface area contributed by atoms with E-state index in [1.807, 2.05) is 18.7 Å². The van der Waals surface area contributed by atoms with Crippen LogP contribution < -0.4 is 0 Å². The Morgan fingerprint density at radius 3 is 2.62 bits per heavy atom. The summed E-state index contributed by atoms with van der Waals surface area (Å²) in [6.45, 7) is 4.37. The van der Waals surface area contributed by atoms with Crippen molar-refractivity contribution in [3.8, 4) is 0 Å². The molecule has 0 aliphatic carbocycles. The molecule has 1 amide bonds. The van der Waals surface area contributed by atoms with Crippen LogP contribution in [0.4, 0.5) is 4.39 Å². The molecule has 2 aromatic rings. The van der Waals surface area contributed by atoms with Crippen molar-refractivity contribution in [3.05, 3.63) is 58.8 Å². The average Bonchev–Trinajstić information content (AvgIpc) is 3.05. The Hall–Kier alpha value is -2.10. The van der Waals surface area contributed by atoms with E-state index in [0.29, 0.717) is 11.3 Å². The van der Waals surface area contributed by atoms with E-state index in [2.05, 4.69) is 0 Å². The number of nitrogens with zero attached hydrogens (tertiary/aromatic N) is 1. The Labute approximate surface area is 123 Å². The average molecular weight is 287 g/mol. The predicted octanol–water partition coefficient (Wildman–Crippen LogP) is 4.01. The molecule has 0 spiro atoms. The van der Waals surface area contributed by atoms with Gasteiger partial charge in [0.15, 0.2) is 0 Å². The van der Waals surface area contributed by atoms with E-state index in [-0.39, 0.29) is 17.8 Å². The molecule has 1 saturated heterocycles. The lowest BCUT2D eigenvalue weighted by Gasteiger charge is -2.25. The van der Waals surface area contributed by atoms with Crippen molar-refractivity contribution in [1.29, 1.82) is 0 Å². The third-order valence-electron chi connectivity index (χ3n) is 4.04. The summed E-state index contributed by atoms with van der Waals surface area (Å²) in [5.41, 5.74) is 1.61. The molecule has 3 rings (SSSR count). The highest BCUT2D eigenvalue weighted by Crippen LogP contribution is 2.34. The number of hydrogen-bond acceptors (Lipinski definition) is 2. The number of carbonyl (C=O) groups is 1. The van der Waals surface area contributed by atoms with Crippen molar-refractivity contribution in [2.75, 3.05) is 6.54 Å². The third-order valence-corrected chi connectivity index (χ3v) is 4.04. The first-order chi connectivity index (χ1) is 10.1. The molecule has 1 aromatic carbocycles. The lowest BCUT2D eigenvalue weighted by atomic mass is 10.0. The SMILES string of the molecule is Cc1cc(C(=O)N2CCCC2c2ccc(F)cc2)c(C)o1. The second kappa shape index (κ2) is 5.35. The number of aryl methyl sites for hydroxylation is 2. The van der Waals surface area contributed by atoms with Crippen LogP contribution in [-0.2, 0) is 0 Å². The van der Waals surface area contributed by atoms with E-state index in [0.717, 1.165) is 30.7 Å². The van der Waals surface area contributed by atoms with Gasteiger partial charge < -0.3 is 9.32 Å². The zero-order valence-electron chi connectivity index (χ0n) is 12.2. The summed E-state index contributed by atoms with van der Waals surface area (Å²) >= 11 is 0. The van der Waals surface area contributed by atoms with Gasteiger partial charge in [-0.05, 0) is 50.5 Å². The Bertz CT molecular complexity index is 660. The van der Waals surface area contributed by atoms with Crippen molar-refractivity contribution in [2.45, 2.75) is 32.7 Å². The standard InChI is InChI=1S/C17H18FNO2/c1-11-10-15(12(2)21-11)17(20)19-9-3-4-16(19)13-5-7-14(18)8-6-13/h5-8,10,16H,3-4,9H2,1-2H3. The summed E-state index contributed by atoms with van der Waals surface area (Å²) in [5, 5.41) is 0. The summed E-state index contributed by atoms with van der Waals surface area (Å²) in [4.78, 5) is 14.6. The number of halogens is 1. The van der Waals surface area contributed by atoms with Crippen molar-refractivity contribution >= 4 is 5.91 Å². The van der Waals surface area contributed by atoms with Crippen LogP contribution in [0.15, 0.2) is 34.7 Å². The number of rotatable bonds is 2. The molecule has 1 aliphatic rings. The molecular formula is C17H18FNO2. The smallest absolute Gasteiger partial charge is 0.257 e. The minimum atomic E-state index is -0.254. The van der Waals surface area contributed by atoms with Crippen LogP contribution in [-0.4, -0.2) is 17.4 Å². The van der Waals surface area contributed by atoms with Crippen LogP contribution in [0.2, 0.25) is 0 Å². The van der Waals surface area contributed by atoms with Gasteiger partial charge in [0.05, 0.1) is 11.6 Å². The Balaban J connectivity index is 1.88. The van der Waals surface area contributed by atoms with Gasteiger partial charge in [-0.25, -0.2) is 4.39 Å². The summed E-state index contributed by atoms with van der Waals surface area (Å²) in [6.07, 6.45) is 1.87. The molecule has 21 heavy (non-hydrogen) atoms. The second-order valence-electron chi connectivity index (χ2n) is 5.54. The van der Waals surface area contributed by atoms with Crippen LogP contribution in [0.5, 0.6) is 0 Å². The fourth-order valence-electron chi connectivity index (χ4n) is 3.04. The Morgan fingerprint density at radius 2 is 2.00 bits per heavy atom. The summed E-state index contributed by atoms with van der Waals surface area (Å²) in [7, 11) is 0. The van der Waals surface area contributed by atoms with Gasteiger partial charge in [-0.1, -0.05) is 12.1 Å². The van der Waals surface area contributed by atoms with E-state index < -0.39 is 0 Å². The van der Waals surface area contributed by atoms with E-state index in [9.17, 15) is 9.18 Å². The Kier molecular flexibility index (Phi) is 3.53. The van der Waals surface area contributed by atoms with Gasteiger partial charge in [0.25, 0.3) is 5.91 Å². The van der Waals surface area contributed by atoms with E-state index >= 15 is 0 Å². The number of likely N-dealkylation sites (tertiary alicyclic amines) is 1. The quantitative estimate of drug-likeness (QED) is 0.836. The summed E-state index contributed by atoms with van der Waals surface area (Å²) < 4.78 is 18.5. The molecule has 1 unspecified atom stereocenters. The third kappa shape index (κ3) is 2.58. The topological polar surface area (TPSA) is 33.5 Å². The van der Waals surface area contributed by atoms with Gasteiger partial charge in [-0.2, -0.15) is 0 Å². The molecule has 1 atom stereocenters. The van der Waals surface area contributed by atoms with Gasteiger partial charge in [-0.3, -0.25) is 4.79 Å². The van der Waals surface area contributed by atoms with Crippen LogP contribution in [0, 0.1) is 19.7 Å². The lowest BCUT2D eigenvalue weighted by molar-refractivity contribution is 0.0734. The highest BCUT2D eigenvalue weighted by atomic mass is 19.1. The molecule has 1 aliphatic heterocycles. The minimum absolute atomic E-state index is 0.00354. The first-order valence-electron chi connectivity index (χ1n) is 7.20. The van der Waals surface area contributed by atoms with Crippen LogP contribution in [0.1, 0.15) is 46.3 Å². The Morgan fingerprint density at radius 1 is 1.29 bits per heavy atom. The highest BCUT2D eigenvalue weighted by molar-refractivity contribution is 5.95. The van der Waals surface area contributed by atoms with E-state index in [4.69, 9.17) is 4.42 Å². The summed E-state index contributed by atoms with van der Waals surface area (Å²) in [5.74, 6) is 1.14. The number of amides is 1. The lowest BCUT2D eigenvalue weighted by Crippen LogP contribution is -2.30. The molecule has 2 heterocycles.